The van der Waals surface area contributed by atoms with E-state index in [0.29, 0.717) is 11.6 Å². The van der Waals surface area contributed by atoms with Crippen molar-refractivity contribution >= 4 is 28.6 Å². The third-order valence-electron chi connectivity index (χ3n) is 4.42. The molecule has 4 aromatic rings. The summed E-state index contributed by atoms with van der Waals surface area (Å²) >= 11 is 6.31. The summed E-state index contributed by atoms with van der Waals surface area (Å²) in [5.41, 5.74) is 4.68. The zero-order valence-corrected chi connectivity index (χ0v) is 18.0. The quantitative estimate of drug-likeness (QED) is 0.354. The molecule has 0 aliphatic heterocycles. The van der Waals surface area contributed by atoms with E-state index in [2.05, 4.69) is 35.9 Å². The van der Waals surface area contributed by atoms with Crippen molar-refractivity contribution in [3.8, 4) is 22.7 Å². The molecule has 0 bridgehead atoms. The van der Waals surface area contributed by atoms with Gasteiger partial charge in [0.2, 0.25) is 5.76 Å². The number of halogens is 4. The lowest BCUT2D eigenvalue weighted by molar-refractivity contribution is -0.192. The minimum Gasteiger partial charge on any atom is -0.475 e. The van der Waals surface area contributed by atoms with E-state index in [1.54, 1.807) is 0 Å². The van der Waals surface area contributed by atoms with Crippen LogP contribution < -0.4 is 0 Å². The molecule has 2 aromatic carbocycles. The van der Waals surface area contributed by atoms with Crippen LogP contribution in [0.3, 0.4) is 0 Å². The summed E-state index contributed by atoms with van der Waals surface area (Å²) in [6.45, 7) is 6.30. The maximum Gasteiger partial charge on any atom is 0.490 e. The predicted molar refractivity (Wildman–Crippen MR) is 114 cm³/mol. The van der Waals surface area contributed by atoms with Crippen LogP contribution >= 0.6 is 11.6 Å². The summed E-state index contributed by atoms with van der Waals surface area (Å²) in [6.07, 6.45) is -5.08. The Morgan fingerprint density at radius 3 is 2.31 bits per heavy atom. The van der Waals surface area contributed by atoms with Gasteiger partial charge in [0.1, 0.15) is 0 Å². The van der Waals surface area contributed by atoms with Gasteiger partial charge >= 0.3 is 12.1 Å². The minimum absolute atomic E-state index is 0.0645. The molecule has 0 saturated heterocycles. The Hall–Kier alpha value is -3.33. The number of nitrogens with zero attached hydrogens (tertiary/aromatic N) is 2. The topological polar surface area (TPSA) is 92.0 Å². The van der Waals surface area contributed by atoms with Gasteiger partial charge < -0.3 is 14.6 Å². The van der Waals surface area contributed by atoms with E-state index in [1.165, 1.54) is 0 Å². The standard InChI is InChI=1S/C20H18ClN3O.C2HF3O2/c1-20(2,3)18-11-17(25-24-18)19-22-15-9-8-12(10-16(15)23-19)13-6-4-5-7-14(13)21;3-2(4,5)1(6)7/h4-11H,1-3H3,(H,22,23);(H,6,7). The van der Waals surface area contributed by atoms with Gasteiger partial charge in [0, 0.05) is 22.1 Å². The average Bonchev–Trinajstić information content (AvgIpc) is 3.34. The Labute approximate surface area is 186 Å². The van der Waals surface area contributed by atoms with Crippen molar-refractivity contribution in [1.29, 1.82) is 0 Å². The number of nitrogens with one attached hydrogen (secondary N) is 1. The number of alkyl halides is 3. The lowest BCUT2D eigenvalue weighted by Crippen LogP contribution is -2.21. The Morgan fingerprint density at radius 2 is 1.75 bits per heavy atom. The van der Waals surface area contributed by atoms with Crippen molar-refractivity contribution in [2.24, 2.45) is 0 Å². The van der Waals surface area contributed by atoms with Gasteiger partial charge in [-0.15, -0.1) is 0 Å². The number of H-pyrrole nitrogens is 1. The number of aromatic nitrogens is 3. The molecule has 6 nitrogen and oxygen atoms in total. The van der Waals surface area contributed by atoms with Gasteiger partial charge in [0.25, 0.3) is 0 Å². The molecule has 0 saturated carbocycles. The van der Waals surface area contributed by atoms with Gasteiger partial charge in [0.15, 0.2) is 5.82 Å². The molecule has 0 aliphatic carbocycles. The van der Waals surface area contributed by atoms with Crippen LogP contribution in [0.25, 0.3) is 33.7 Å². The molecule has 2 heterocycles. The Morgan fingerprint density at radius 1 is 1.09 bits per heavy atom. The fourth-order valence-electron chi connectivity index (χ4n) is 2.73. The molecule has 0 spiro atoms. The summed E-state index contributed by atoms with van der Waals surface area (Å²) in [4.78, 5) is 16.8. The fourth-order valence-corrected chi connectivity index (χ4v) is 2.97. The third kappa shape index (κ3) is 5.28. The van der Waals surface area contributed by atoms with Crippen molar-refractivity contribution in [3.63, 3.8) is 0 Å². The normalized spacial score (nSPS) is 11.8. The number of fused-ring (bicyclic) bond motifs is 1. The summed E-state index contributed by atoms with van der Waals surface area (Å²) in [5.74, 6) is -1.44. The van der Waals surface area contributed by atoms with E-state index >= 15 is 0 Å². The van der Waals surface area contributed by atoms with Crippen LogP contribution in [0.15, 0.2) is 53.1 Å². The highest BCUT2D eigenvalue weighted by atomic mass is 35.5. The largest absolute Gasteiger partial charge is 0.490 e. The summed E-state index contributed by atoms with van der Waals surface area (Å²) in [6, 6.07) is 15.8. The summed E-state index contributed by atoms with van der Waals surface area (Å²) in [7, 11) is 0. The van der Waals surface area contributed by atoms with E-state index in [4.69, 9.17) is 26.0 Å². The number of aromatic amines is 1. The molecular weight excluding hydrogens is 447 g/mol. The number of benzene rings is 2. The number of carboxylic acid groups (broad SMARTS) is 1. The number of hydrogen-bond acceptors (Lipinski definition) is 4. The lowest BCUT2D eigenvalue weighted by Gasteiger charge is -2.12. The van der Waals surface area contributed by atoms with Crippen molar-refractivity contribution in [2.75, 3.05) is 0 Å². The van der Waals surface area contributed by atoms with E-state index < -0.39 is 12.1 Å². The molecule has 0 atom stereocenters. The molecule has 32 heavy (non-hydrogen) atoms. The van der Waals surface area contributed by atoms with E-state index in [0.717, 1.165) is 32.9 Å². The molecule has 0 fully saturated rings. The van der Waals surface area contributed by atoms with Crippen LogP contribution in [-0.2, 0) is 10.2 Å². The maximum atomic E-state index is 10.6. The third-order valence-corrected chi connectivity index (χ3v) is 4.75. The van der Waals surface area contributed by atoms with Crippen molar-refractivity contribution in [1.82, 2.24) is 15.1 Å². The number of rotatable bonds is 2. The lowest BCUT2D eigenvalue weighted by atomic mass is 9.92. The molecule has 0 radical (unpaired) electrons. The van der Waals surface area contributed by atoms with Crippen LogP contribution in [0.4, 0.5) is 13.2 Å². The first-order valence-electron chi connectivity index (χ1n) is 9.38. The molecule has 0 amide bonds. The second-order valence-corrected chi connectivity index (χ2v) is 8.33. The van der Waals surface area contributed by atoms with Crippen molar-refractivity contribution < 1.29 is 27.6 Å². The second kappa shape index (κ2) is 8.66. The minimum atomic E-state index is -5.08. The Balaban J connectivity index is 0.000000360. The monoisotopic (exact) mass is 465 g/mol. The Bertz CT molecular complexity index is 1260. The number of imidazole rings is 1. The highest BCUT2D eigenvalue weighted by Crippen LogP contribution is 2.31. The van der Waals surface area contributed by atoms with E-state index in [-0.39, 0.29) is 5.41 Å². The Kier molecular flexibility index (Phi) is 6.32. The molecule has 10 heteroatoms. The zero-order valence-electron chi connectivity index (χ0n) is 17.3. The summed E-state index contributed by atoms with van der Waals surface area (Å²) in [5, 5.41) is 12.0. The molecule has 2 N–H and O–H groups in total. The number of hydrogen-bond donors (Lipinski definition) is 2. The van der Waals surface area contributed by atoms with Gasteiger partial charge in [-0.3, -0.25) is 0 Å². The van der Waals surface area contributed by atoms with Crippen LogP contribution in [0, 0.1) is 0 Å². The molecule has 0 unspecified atom stereocenters. The number of aliphatic carboxylic acids is 1. The van der Waals surface area contributed by atoms with Gasteiger partial charge in [-0.2, -0.15) is 13.2 Å². The number of carbonyl (C=O) groups is 1. The predicted octanol–water partition coefficient (Wildman–Crippen LogP) is 6.47. The smallest absolute Gasteiger partial charge is 0.475 e. The van der Waals surface area contributed by atoms with E-state index in [1.807, 2.05) is 48.5 Å². The average molecular weight is 466 g/mol. The van der Waals surface area contributed by atoms with Crippen LogP contribution in [0.1, 0.15) is 26.5 Å². The maximum absolute atomic E-state index is 10.6. The fraction of sp³-hybridized carbons (Fsp3) is 0.227. The highest BCUT2D eigenvalue weighted by molar-refractivity contribution is 6.33. The molecular formula is C22H19ClF3N3O3. The molecule has 168 valence electrons. The first kappa shape index (κ1) is 23.3. The van der Waals surface area contributed by atoms with Gasteiger partial charge in [-0.05, 0) is 23.8 Å². The van der Waals surface area contributed by atoms with Gasteiger partial charge in [0.05, 0.1) is 16.7 Å². The highest BCUT2D eigenvalue weighted by Gasteiger charge is 2.38. The summed E-state index contributed by atoms with van der Waals surface area (Å²) < 4.78 is 37.2. The molecule has 4 rings (SSSR count). The number of carboxylic acids is 1. The van der Waals surface area contributed by atoms with Crippen LogP contribution in [-0.4, -0.2) is 32.4 Å². The molecule has 0 aliphatic rings. The SMILES string of the molecule is CC(C)(C)c1cc(-c2nc3ccc(-c4ccccc4Cl)cc3[nH]2)on1.O=C(O)C(F)(F)F. The first-order valence-corrected chi connectivity index (χ1v) is 9.76. The second-order valence-electron chi connectivity index (χ2n) is 7.93. The van der Waals surface area contributed by atoms with Gasteiger partial charge in [-0.1, -0.05) is 61.8 Å². The first-order chi connectivity index (χ1) is 14.9. The van der Waals surface area contributed by atoms with Gasteiger partial charge in [-0.25, -0.2) is 9.78 Å². The van der Waals surface area contributed by atoms with Crippen molar-refractivity contribution in [3.05, 3.63) is 59.2 Å². The molecule has 2 aromatic heterocycles. The van der Waals surface area contributed by atoms with E-state index in [9.17, 15) is 13.2 Å². The van der Waals surface area contributed by atoms with Crippen molar-refractivity contribution in [2.45, 2.75) is 32.4 Å². The van der Waals surface area contributed by atoms with Crippen LogP contribution in [0.2, 0.25) is 5.02 Å². The van der Waals surface area contributed by atoms with Crippen LogP contribution in [0.5, 0.6) is 0 Å². The zero-order chi connectivity index (χ0) is 23.7.